The van der Waals surface area contributed by atoms with Crippen LogP contribution in [0.5, 0.6) is 0 Å². The van der Waals surface area contributed by atoms with E-state index < -0.39 is 22.2 Å². The standard InChI is InChI=1S/C19H18N6O2S2.C2HF3O2/c1-21-29(26,27)15-7-8-17(28-2)16(9-15)25-19-10-18(22-12-23-19)24-14-5-3-13(11-20)4-6-14;3-2(4,5)1(6)7/h3-10,12,21H,1-2H3,(H2,22,23,24,25);(H,6,7). The summed E-state index contributed by atoms with van der Waals surface area (Å²) in [6.07, 6.45) is -1.77. The van der Waals surface area contributed by atoms with E-state index in [1.54, 1.807) is 48.5 Å². The highest BCUT2D eigenvalue weighted by Gasteiger charge is 2.38. The van der Waals surface area contributed by atoms with Gasteiger partial charge in [0.15, 0.2) is 0 Å². The lowest BCUT2D eigenvalue weighted by Gasteiger charge is -2.13. The number of aliphatic carboxylic acids is 1. The van der Waals surface area contributed by atoms with Crippen molar-refractivity contribution in [3.8, 4) is 6.07 Å². The molecule has 2 aromatic carbocycles. The van der Waals surface area contributed by atoms with Gasteiger partial charge in [0, 0.05) is 16.6 Å². The summed E-state index contributed by atoms with van der Waals surface area (Å²) in [5.41, 5.74) is 1.97. The van der Waals surface area contributed by atoms with Gasteiger partial charge in [0.1, 0.15) is 18.0 Å². The van der Waals surface area contributed by atoms with Crippen LogP contribution in [0.1, 0.15) is 5.56 Å². The number of nitrogens with zero attached hydrogens (tertiary/aromatic N) is 3. The fourth-order valence-corrected chi connectivity index (χ4v) is 3.77. The molecule has 190 valence electrons. The number of hydrogen-bond acceptors (Lipinski definition) is 9. The lowest BCUT2D eigenvalue weighted by atomic mass is 10.2. The summed E-state index contributed by atoms with van der Waals surface area (Å²) in [5, 5.41) is 22.3. The highest BCUT2D eigenvalue weighted by Crippen LogP contribution is 2.30. The molecule has 0 aliphatic rings. The van der Waals surface area contributed by atoms with Crippen molar-refractivity contribution in [3.63, 3.8) is 0 Å². The second-order valence-corrected chi connectivity index (χ2v) is 9.33. The average molecular weight is 541 g/mol. The van der Waals surface area contributed by atoms with Crippen LogP contribution in [0, 0.1) is 11.3 Å². The smallest absolute Gasteiger partial charge is 0.475 e. The summed E-state index contributed by atoms with van der Waals surface area (Å²) in [6.45, 7) is 0. The van der Waals surface area contributed by atoms with Crippen molar-refractivity contribution in [3.05, 3.63) is 60.4 Å². The normalized spacial score (nSPS) is 11.0. The number of anilines is 4. The van der Waals surface area contributed by atoms with Gasteiger partial charge in [-0.1, -0.05) is 0 Å². The molecule has 0 saturated heterocycles. The number of alkyl halides is 3. The number of rotatable bonds is 7. The number of halogens is 3. The maximum atomic E-state index is 12.1. The summed E-state index contributed by atoms with van der Waals surface area (Å²) in [5.74, 6) is -1.70. The second-order valence-electron chi connectivity index (χ2n) is 6.60. The Morgan fingerprint density at radius 3 is 2.14 bits per heavy atom. The second kappa shape index (κ2) is 12.2. The van der Waals surface area contributed by atoms with Gasteiger partial charge in [0.2, 0.25) is 10.0 Å². The molecule has 0 aliphatic carbocycles. The van der Waals surface area contributed by atoms with Crippen molar-refractivity contribution in [1.29, 1.82) is 5.26 Å². The molecular weight excluding hydrogens is 521 g/mol. The average Bonchev–Trinajstić information content (AvgIpc) is 2.84. The number of carboxylic acid groups (broad SMARTS) is 1. The fourth-order valence-electron chi connectivity index (χ4n) is 2.48. The molecule has 0 spiro atoms. The molecule has 10 nitrogen and oxygen atoms in total. The molecule has 0 radical (unpaired) electrons. The first-order valence-electron chi connectivity index (χ1n) is 9.67. The van der Waals surface area contributed by atoms with Gasteiger partial charge in [0.25, 0.3) is 0 Å². The van der Waals surface area contributed by atoms with Crippen LogP contribution in [0.4, 0.5) is 36.2 Å². The van der Waals surface area contributed by atoms with Crippen molar-refractivity contribution in [2.45, 2.75) is 16.0 Å². The Bertz CT molecular complexity index is 1360. The summed E-state index contributed by atoms with van der Waals surface area (Å²) in [7, 11) is -2.19. The van der Waals surface area contributed by atoms with Crippen LogP contribution in [-0.4, -0.2) is 48.9 Å². The number of carbonyl (C=O) groups is 1. The van der Waals surface area contributed by atoms with Crippen LogP contribution >= 0.6 is 11.8 Å². The van der Waals surface area contributed by atoms with E-state index in [1.165, 1.54) is 25.1 Å². The Hall–Kier alpha value is -3.87. The van der Waals surface area contributed by atoms with Crippen molar-refractivity contribution in [1.82, 2.24) is 14.7 Å². The van der Waals surface area contributed by atoms with Gasteiger partial charge in [-0.15, -0.1) is 11.8 Å². The number of benzene rings is 2. The number of thioether (sulfide) groups is 1. The first-order valence-corrected chi connectivity index (χ1v) is 12.4. The highest BCUT2D eigenvalue weighted by molar-refractivity contribution is 7.98. The predicted molar refractivity (Wildman–Crippen MR) is 128 cm³/mol. The maximum absolute atomic E-state index is 12.1. The summed E-state index contributed by atoms with van der Waals surface area (Å²) < 4.78 is 58.3. The van der Waals surface area contributed by atoms with E-state index in [9.17, 15) is 21.6 Å². The molecule has 0 atom stereocenters. The van der Waals surface area contributed by atoms with Crippen LogP contribution in [0.25, 0.3) is 0 Å². The topological polar surface area (TPSA) is 157 Å². The van der Waals surface area contributed by atoms with E-state index in [4.69, 9.17) is 15.2 Å². The lowest BCUT2D eigenvalue weighted by molar-refractivity contribution is -0.192. The zero-order valence-electron chi connectivity index (χ0n) is 18.7. The maximum Gasteiger partial charge on any atom is 0.490 e. The van der Waals surface area contributed by atoms with Gasteiger partial charge < -0.3 is 15.7 Å². The first-order chi connectivity index (χ1) is 16.9. The largest absolute Gasteiger partial charge is 0.490 e. The minimum Gasteiger partial charge on any atom is -0.475 e. The quantitative estimate of drug-likeness (QED) is 0.322. The van der Waals surface area contributed by atoms with Gasteiger partial charge >= 0.3 is 12.1 Å². The minimum absolute atomic E-state index is 0.158. The molecule has 0 saturated carbocycles. The van der Waals surface area contributed by atoms with E-state index in [2.05, 4.69) is 31.4 Å². The van der Waals surface area contributed by atoms with Crippen LogP contribution in [0.3, 0.4) is 0 Å². The molecule has 3 rings (SSSR count). The highest BCUT2D eigenvalue weighted by atomic mass is 32.2. The van der Waals surface area contributed by atoms with Crippen molar-refractivity contribution in [2.75, 3.05) is 23.9 Å². The molecule has 0 unspecified atom stereocenters. The van der Waals surface area contributed by atoms with Gasteiger partial charge in [-0.05, 0) is 55.8 Å². The molecule has 0 fully saturated rings. The van der Waals surface area contributed by atoms with Crippen LogP contribution in [0.15, 0.2) is 64.6 Å². The summed E-state index contributed by atoms with van der Waals surface area (Å²) in [6, 6.07) is 15.6. The number of aromatic nitrogens is 2. The van der Waals surface area contributed by atoms with E-state index in [-0.39, 0.29) is 4.90 Å². The Morgan fingerprint density at radius 2 is 1.64 bits per heavy atom. The summed E-state index contributed by atoms with van der Waals surface area (Å²) in [4.78, 5) is 18.3. The Kier molecular flexibility index (Phi) is 9.61. The van der Waals surface area contributed by atoms with Gasteiger partial charge in [-0.25, -0.2) is 27.9 Å². The fraction of sp³-hybridized carbons (Fsp3) is 0.143. The predicted octanol–water partition coefficient (Wildman–Crippen LogP) is 4.10. The molecule has 0 amide bonds. The number of carboxylic acids is 1. The SMILES string of the molecule is CNS(=O)(=O)c1ccc(SC)c(Nc2cc(Nc3ccc(C#N)cc3)ncn2)c1.O=C(O)C(F)(F)F. The van der Waals surface area contributed by atoms with Crippen molar-refractivity contribution >= 4 is 50.8 Å². The number of hydrogen-bond donors (Lipinski definition) is 4. The lowest BCUT2D eigenvalue weighted by Crippen LogP contribution is -2.21. The molecule has 0 bridgehead atoms. The Morgan fingerprint density at radius 1 is 1.06 bits per heavy atom. The minimum atomic E-state index is -5.08. The third-order valence-electron chi connectivity index (χ3n) is 4.21. The molecule has 36 heavy (non-hydrogen) atoms. The zero-order valence-corrected chi connectivity index (χ0v) is 20.3. The van der Waals surface area contributed by atoms with Crippen molar-refractivity contribution < 1.29 is 31.5 Å². The van der Waals surface area contributed by atoms with Crippen LogP contribution < -0.4 is 15.4 Å². The molecule has 1 aromatic heterocycles. The summed E-state index contributed by atoms with van der Waals surface area (Å²) >= 11 is 1.49. The molecule has 15 heteroatoms. The third kappa shape index (κ3) is 8.12. The molecular formula is C21H19F3N6O4S2. The monoisotopic (exact) mass is 540 g/mol. The molecule has 1 heterocycles. The molecule has 3 aromatic rings. The Labute approximate surface area is 208 Å². The third-order valence-corrected chi connectivity index (χ3v) is 6.42. The number of nitriles is 1. The number of sulfonamides is 1. The van der Waals surface area contributed by atoms with E-state index in [1.807, 2.05) is 6.26 Å². The van der Waals surface area contributed by atoms with E-state index in [0.29, 0.717) is 22.9 Å². The van der Waals surface area contributed by atoms with Gasteiger partial charge in [0.05, 0.1) is 22.2 Å². The number of nitrogens with one attached hydrogen (secondary N) is 3. The zero-order chi connectivity index (χ0) is 26.9. The molecule has 0 aliphatic heterocycles. The van der Waals surface area contributed by atoms with Crippen LogP contribution in [-0.2, 0) is 14.8 Å². The van der Waals surface area contributed by atoms with Gasteiger partial charge in [-0.2, -0.15) is 18.4 Å². The first kappa shape index (κ1) is 28.4. The van der Waals surface area contributed by atoms with Crippen LogP contribution in [0.2, 0.25) is 0 Å². The van der Waals surface area contributed by atoms with Crippen molar-refractivity contribution in [2.24, 2.45) is 0 Å². The van der Waals surface area contributed by atoms with Gasteiger partial charge in [-0.3, -0.25) is 0 Å². The van der Waals surface area contributed by atoms with E-state index >= 15 is 0 Å². The Balaban J connectivity index is 0.000000572. The van der Waals surface area contributed by atoms with E-state index in [0.717, 1.165) is 10.6 Å². The molecule has 4 N–H and O–H groups in total.